The van der Waals surface area contributed by atoms with Gasteiger partial charge in [-0.1, -0.05) is 13.8 Å². The molecule has 1 atom stereocenters. The van der Waals surface area contributed by atoms with Gasteiger partial charge in [-0.05, 0) is 24.4 Å². The standard InChI is InChI=1S/C16H25N5S/c1-12(2)14(21-7-5-20(3)6-8-21)10-17-15-13-4-9-22-16(13)19-11-18-15/h4,9,11-12,14H,5-8,10H2,1-3H3,(H,17,18,19)/t14-/m1/s1. The molecule has 2 aromatic heterocycles. The van der Waals surface area contributed by atoms with E-state index in [0.717, 1.165) is 48.8 Å². The van der Waals surface area contributed by atoms with Gasteiger partial charge >= 0.3 is 0 Å². The van der Waals surface area contributed by atoms with Gasteiger partial charge < -0.3 is 10.2 Å². The molecule has 1 N–H and O–H groups in total. The zero-order chi connectivity index (χ0) is 15.5. The Morgan fingerprint density at radius 3 is 2.73 bits per heavy atom. The third-order valence-corrected chi connectivity index (χ3v) is 5.34. The van der Waals surface area contributed by atoms with E-state index in [1.54, 1.807) is 17.7 Å². The molecular weight excluding hydrogens is 294 g/mol. The van der Waals surface area contributed by atoms with Crippen LogP contribution in [0.3, 0.4) is 0 Å². The fourth-order valence-corrected chi connectivity index (χ4v) is 3.80. The second kappa shape index (κ2) is 6.89. The van der Waals surface area contributed by atoms with Crippen LogP contribution < -0.4 is 5.32 Å². The number of thiophene rings is 1. The summed E-state index contributed by atoms with van der Waals surface area (Å²) in [7, 11) is 2.20. The van der Waals surface area contributed by atoms with Gasteiger partial charge in [-0.2, -0.15) is 0 Å². The zero-order valence-electron chi connectivity index (χ0n) is 13.6. The van der Waals surface area contributed by atoms with Crippen LogP contribution in [-0.2, 0) is 0 Å². The third kappa shape index (κ3) is 3.39. The van der Waals surface area contributed by atoms with E-state index < -0.39 is 0 Å². The van der Waals surface area contributed by atoms with Crippen molar-refractivity contribution in [3.63, 3.8) is 0 Å². The highest BCUT2D eigenvalue weighted by Gasteiger charge is 2.25. The number of rotatable bonds is 5. The van der Waals surface area contributed by atoms with Gasteiger partial charge in [0.15, 0.2) is 0 Å². The lowest BCUT2D eigenvalue weighted by Crippen LogP contribution is -2.52. The fraction of sp³-hybridized carbons (Fsp3) is 0.625. The highest BCUT2D eigenvalue weighted by Crippen LogP contribution is 2.24. The van der Waals surface area contributed by atoms with Crippen LogP contribution in [0.1, 0.15) is 13.8 Å². The van der Waals surface area contributed by atoms with E-state index in [2.05, 4.69) is 57.4 Å². The summed E-state index contributed by atoms with van der Waals surface area (Å²) in [5.74, 6) is 1.58. The molecule has 3 rings (SSSR count). The fourth-order valence-electron chi connectivity index (χ4n) is 3.07. The van der Waals surface area contributed by atoms with Crippen molar-refractivity contribution in [2.75, 3.05) is 45.1 Å². The van der Waals surface area contributed by atoms with Crippen molar-refractivity contribution in [3.8, 4) is 0 Å². The van der Waals surface area contributed by atoms with Crippen molar-refractivity contribution < 1.29 is 0 Å². The molecule has 1 saturated heterocycles. The van der Waals surface area contributed by atoms with E-state index >= 15 is 0 Å². The van der Waals surface area contributed by atoms with Gasteiger partial charge in [0, 0.05) is 38.8 Å². The maximum atomic E-state index is 4.43. The molecule has 0 aromatic carbocycles. The maximum absolute atomic E-state index is 4.43. The highest BCUT2D eigenvalue weighted by molar-refractivity contribution is 7.16. The summed E-state index contributed by atoms with van der Waals surface area (Å²) in [4.78, 5) is 14.8. The number of hydrogen-bond donors (Lipinski definition) is 1. The van der Waals surface area contributed by atoms with Crippen LogP contribution in [0.2, 0.25) is 0 Å². The molecule has 1 fully saturated rings. The first-order valence-corrected chi connectivity index (χ1v) is 8.88. The van der Waals surface area contributed by atoms with Crippen LogP contribution in [0.25, 0.3) is 10.2 Å². The second-order valence-corrected chi connectivity index (χ2v) is 7.29. The number of nitrogens with one attached hydrogen (secondary N) is 1. The van der Waals surface area contributed by atoms with E-state index in [0.29, 0.717) is 12.0 Å². The Hall–Kier alpha value is -1.24. The molecule has 0 bridgehead atoms. The number of piperazine rings is 1. The van der Waals surface area contributed by atoms with Gasteiger partial charge in [0.25, 0.3) is 0 Å². The predicted molar refractivity (Wildman–Crippen MR) is 93.6 cm³/mol. The van der Waals surface area contributed by atoms with Gasteiger partial charge in [0.05, 0.1) is 5.39 Å². The van der Waals surface area contributed by atoms with Crippen LogP contribution in [-0.4, -0.2) is 65.6 Å². The van der Waals surface area contributed by atoms with E-state index in [4.69, 9.17) is 0 Å². The topological polar surface area (TPSA) is 44.3 Å². The number of nitrogens with zero attached hydrogens (tertiary/aromatic N) is 4. The molecule has 120 valence electrons. The van der Waals surface area contributed by atoms with Crippen molar-refractivity contribution in [2.45, 2.75) is 19.9 Å². The van der Waals surface area contributed by atoms with Crippen molar-refractivity contribution in [3.05, 3.63) is 17.8 Å². The zero-order valence-corrected chi connectivity index (χ0v) is 14.4. The summed E-state index contributed by atoms with van der Waals surface area (Å²) in [5.41, 5.74) is 0. The number of anilines is 1. The molecule has 0 radical (unpaired) electrons. The summed E-state index contributed by atoms with van der Waals surface area (Å²) in [6, 6.07) is 2.64. The molecule has 0 aliphatic carbocycles. The molecule has 2 aromatic rings. The Balaban J connectivity index is 1.68. The lowest BCUT2D eigenvalue weighted by atomic mass is 10.0. The van der Waals surface area contributed by atoms with Crippen LogP contribution >= 0.6 is 11.3 Å². The maximum Gasteiger partial charge on any atom is 0.138 e. The number of likely N-dealkylation sites (N-methyl/N-ethyl adjacent to an activating group) is 1. The second-order valence-electron chi connectivity index (χ2n) is 6.39. The quantitative estimate of drug-likeness (QED) is 0.917. The minimum absolute atomic E-state index is 0.539. The lowest BCUT2D eigenvalue weighted by molar-refractivity contribution is 0.0944. The van der Waals surface area contributed by atoms with Crippen LogP contribution in [0.15, 0.2) is 17.8 Å². The summed E-state index contributed by atoms with van der Waals surface area (Å²) in [5, 5.41) is 6.77. The van der Waals surface area contributed by atoms with Gasteiger partial charge in [0.1, 0.15) is 17.0 Å². The molecule has 0 unspecified atom stereocenters. The van der Waals surface area contributed by atoms with Crippen LogP contribution in [0.4, 0.5) is 5.82 Å². The SMILES string of the molecule is CC(C)[C@@H](CNc1ncnc2sccc12)N1CCN(C)CC1. The number of aromatic nitrogens is 2. The Kier molecular flexibility index (Phi) is 4.90. The van der Waals surface area contributed by atoms with Crippen LogP contribution in [0, 0.1) is 5.92 Å². The predicted octanol–water partition coefficient (Wildman–Crippen LogP) is 2.38. The van der Waals surface area contributed by atoms with Gasteiger partial charge in [0.2, 0.25) is 0 Å². The average Bonchev–Trinajstić information content (AvgIpc) is 2.98. The average molecular weight is 319 g/mol. The first kappa shape index (κ1) is 15.6. The van der Waals surface area contributed by atoms with Crippen molar-refractivity contribution in [2.24, 2.45) is 5.92 Å². The Labute approximate surface area is 136 Å². The minimum atomic E-state index is 0.539. The highest BCUT2D eigenvalue weighted by atomic mass is 32.1. The molecule has 3 heterocycles. The molecule has 0 saturated carbocycles. The number of hydrogen-bond acceptors (Lipinski definition) is 6. The Bertz CT molecular complexity index is 603. The van der Waals surface area contributed by atoms with Crippen molar-refractivity contribution >= 4 is 27.4 Å². The Morgan fingerprint density at radius 1 is 1.23 bits per heavy atom. The van der Waals surface area contributed by atoms with E-state index in [1.165, 1.54) is 0 Å². The first-order valence-electron chi connectivity index (χ1n) is 8.00. The smallest absolute Gasteiger partial charge is 0.138 e. The monoisotopic (exact) mass is 319 g/mol. The van der Waals surface area contributed by atoms with Crippen molar-refractivity contribution in [1.82, 2.24) is 19.8 Å². The largest absolute Gasteiger partial charge is 0.368 e. The molecule has 1 aliphatic heterocycles. The molecule has 6 heteroatoms. The van der Waals surface area contributed by atoms with Gasteiger partial charge in [-0.3, -0.25) is 4.90 Å². The molecular formula is C16H25N5S. The lowest BCUT2D eigenvalue weighted by Gasteiger charge is -2.40. The first-order chi connectivity index (χ1) is 10.6. The summed E-state index contributed by atoms with van der Waals surface area (Å²) >= 11 is 1.66. The Morgan fingerprint density at radius 2 is 2.00 bits per heavy atom. The minimum Gasteiger partial charge on any atom is -0.368 e. The molecule has 5 nitrogen and oxygen atoms in total. The molecule has 0 amide bonds. The van der Waals surface area contributed by atoms with E-state index in [1.807, 2.05) is 0 Å². The summed E-state index contributed by atoms with van der Waals surface area (Å²) in [6.45, 7) is 10.2. The summed E-state index contributed by atoms with van der Waals surface area (Å²) < 4.78 is 0. The van der Waals surface area contributed by atoms with Crippen LogP contribution in [0.5, 0.6) is 0 Å². The number of fused-ring (bicyclic) bond motifs is 1. The third-order valence-electron chi connectivity index (χ3n) is 4.52. The molecule has 22 heavy (non-hydrogen) atoms. The normalized spacial score (nSPS) is 18.9. The molecule has 1 aliphatic rings. The summed E-state index contributed by atoms with van der Waals surface area (Å²) in [6.07, 6.45) is 1.65. The van der Waals surface area contributed by atoms with Gasteiger partial charge in [-0.15, -0.1) is 11.3 Å². The van der Waals surface area contributed by atoms with E-state index in [-0.39, 0.29) is 0 Å². The van der Waals surface area contributed by atoms with Gasteiger partial charge in [-0.25, -0.2) is 9.97 Å². The van der Waals surface area contributed by atoms with E-state index in [9.17, 15) is 0 Å². The van der Waals surface area contributed by atoms with Crippen molar-refractivity contribution in [1.29, 1.82) is 0 Å². The molecule has 0 spiro atoms.